The molecule has 1 aliphatic heterocycles. The lowest BCUT2D eigenvalue weighted by Gasteiger charge is -2.29. The molecule has 1 aliphatic rings. The van der Waals surface area contributed by atoms with E-state index in [9.17, 15) is 0 Å². The predicted molar refractivity (Wildman–Crippen MR) is 200 cm³/mol. The molecule has 48 heavy (non-hydrogen) atoms. The topological polar surface area (TPSA) is 12.5 Å². The molecule has 8 aromatic rings. The molecule has 0 spiro atoms. The molecule has 1 heterocycles. The second-order valence-electron chi connectivity index (χ2n) is 12.1. The lowest BCUT2D eigenvalue weighted by Crippen LogP contribution is -2.11. The molecule has 8 aromatic carbocycles. The van der Waals surface area contributed by atoms with Gasteiger partial charge in [0, 0.05) is 39.7 Å². The van der Waals surface area contributed by atoms with Crippen LogP contribution in [0.3, 0.4) is 0 Å². The Hall–Kier alpha value is -6.38. The number of benzene rings is 8. The van der Waals surface area contributed by atoms with Gasteiger partial charge in [0.1, 0.15) is 11.5 Å². The van der Waals surface area contributed by atoms with Gasteiger partial charge < -0.3 is 9.64 Å². The van der Waals surface area contributed by atoms with Crippen LogP contribution in [0.15, 0.2) is 188 Å². The van der Waals surface area contributed by atoms with E-state index in [0.717, 1.165) is 45.3 Å². The smallest absolute Gasteiger partial charge is 0.137 e. The first kappa shape index (κ1) is 27.9. The van der Waals surface area contributed by atoms with Gasteiger partial charge in [0.2, 0.25) is 0 Å². The van der Waals surface area contributed by atoms with Gasteiger partial charge >= 0.3 is 0 Å². The van der Waals surface area contributed by atoms with Crippen molar-refractivity contribution in [1.82, 2.24) is 0 Å². The van der Waals surface area contributed by atoms with Crippen molar-refractivity contribution in [2.75, 3.05) is 4.90 Å². The number of hydrogen-bond acceptors (Lipinski definition) is 2. The van der Waals surface area contributed by atoms with Gasteiger partial charge in [-0.15, -0.1) is 0 Å². The van der Waals surface area contributed by atoms with E-state index in [1.54, 1.807) is 0 Å². The zero-order chi connectivity index (χ0) is 31.9. The molecular formula is C46H31NO. The summed E-state index contributed by atoms with van der Waals surface area (Å²) in [5, 5.41) is 2.43. The van der Waals surface area contributed by atoms with Crippen LogP contribution in [0.5, 0.6) is 11.5 Å². The fraction of sp³-hybridized carbons (Fsp3) is 0. The maximum Gasteiger partial charge on any atom is 0.137 e. The molecule has 0 unspecified atom stereocenters. The van der Waals surface area contributed by atoms with E-state index in [1.807, 2.05) is 6.07 Å². The molecule has 0 amide bonds. The second kappa shape index (κ2) is 11.8. The highest BCUT2D eigenvalue weighted by molar-refractivity contribution is 6.07. The number of anilines is 3. The van der Waals surface area contributed by atoms with Crippen molar-refractivity contribution in [2.45, 2.75) is 0 Å². The molecule has 2 heteroatoms. The van der Waals surface area contributed by atoms with Crippen molar-refractivity contribution in [1.29, 1.82) is 0 Å². The Balaban J connectivity index is 1.27. The van der Waals surface area contributed by atoms with Gasteiger partial charge in [0.15, 0.2) is 0 Å². The van der Waals surface area contributed by atoms with Crippen LogP contribution in [0.2, 0.25) is 0 Å². The molecule has 0 fully saturated rings. The van der Waals surface area contributed by atoms with Crippen molar-refractivity contribution in [3.05, 3.63) is 188 Å². The largest absolute Gasteiger partial charge is 0.456 e. The normalized spacial score (nSPS) is 11.5. The first-order valence-electron chi connectivity index (χ1n) is 16.4. The molecule has 0 radical (unpaired) electrons. The number of hydrogen-bond donors (Lipinski definition) is 0. The van der Waals surface area contributed by atoms with E-state index in [-0.39, 0.29) is 0 Å². The summed E-state index contributed by atoms with van der Waals surface area (Å²) in [4.78, 5) is 2.35. The van der Waals surface area contributed by atoms with E-state index in [1.165, 1.54) is 38.6 Å². The van der Waals surface area contributed by atoms with Gasteiger partial charge in [-0.1, -0.05) is 146 Å². The van der Waals surface area contributed by atoms with Crippen molar-refractivity contribution < 1.29 is 4.74 Å². The monoisotopic (exact) mass is 613 g/mol. The third-order valence-corrected chi connectivity index (χ3v) is 9.28. The maximum absolute atomic E-state index is 6.86. The third-order valence-electron chi connectivity index (χ3n) is 9.28. The Kier molecular flexibility index (Phi) is 6.84. The molecule has 9 rings (SSSR count). The quantitative estimate of drug-likeness (QED) is 0.191. The Morgan fingerprint density at radius 2 is 0.979 bits per heavy atom. The summed E-state index contributed by atoms with van der Waals surface area (Å²) in [5.74, 6) is 1.69. The average molecular weight is 614 g/mol. The van der Waals surface area contributed by atoms with Crippen LogP contribution in [0.25, 0.3) is 55.3 Å². The van der Waals surface area contributed by atoms with Gasteiger partial charge in [0.05, 0.1) is 5.69 Å². The molecular weight excluding hydrogens is 583 g/mol. The number of ether oxygens (including phenoxy) is 1. The molecule has 0 saturated carbocycles. The Morgan fingerprint density at radius 1 is 0.354 bits per heavy atom. The molecule has 0 aromatic heterocycles. The van der Waals surface area contributed by atoms with E-state index in [2.05, 4.69) is 187 Å². The van der Waals surface area contributed by atoms with E-state index < -0.39 is 0 Å². The zero-order valence-electron chi connectivity index (χ0n) is 26.3. The Morgan fingerprint density at radius 3 is 1.81 bits per heavy atom. The molecule has 0 atom stereocenters. The minimum Gasteiger partial charge on any atom is -0.456 e. The van der Waals surface area contributed by atoms with Crippen LogP contribution in [0.1, 0.15) is 0 Å². The molecule has 226 valence electrons. The standard InChI is InChI=1S/C46H31NO/c1-3-15-32(16-4-1)36-20-9-10-22-38(36)39-23-11-13-25-43(39)47(34-18-5-2-6-19-34)35-28-30-42-45(31-35)48-44-26-14-12-24-40(44)41-29-27-33-17-7-8-21-37(33)46(41)42/h1-31H. The average Bonchev–Trinajstić information content (AvgIpc) is 3.30. The van der Waals surface area contributed by atoms with E-state index in [4.69, 9.17) is 4.74 Å². The molecule has 2 nitrogen and oxygen atoms in total. The van der Waals surface area contributed by atoms with Crippen molar-refractivity contribution in [3.8, 4) is 56.0 Å². The van der Waals surface area contributed by atoms with Gasteiger partial charge in [-0.3, -0.25) is 0 Å². The van der Waals surface area contributed by atoms with Crippen LogP contribution in [-0.4, -0.2) is 0 Å². The summed E-state index contributed by atoms with van der Waals surface area (Å²) in [6.07, 6.45) is 0. The summed E-state index contributed by atoms with van der Waals surface area (Å²) in [6, 6.07) is 66.7. The van der Waals surface area contributed by atoms with E-state index in [0.29, 0.717) is 0 Å². The first-order chi connectivity index (χ1) is 23.8. The molecule has 0 saturated heterocycles. The first-order valence-corrected chi connectivity index (χ1v) is 16.4. The van der Waals surface area contributed by atoms with Gasteiger partial charge in [-0.25, -0.2) is 0 Å². The van der Waals surface area contributed by atoms with Crippen molar-refractivity contribution in [2.24, 2.45) is 0 Å². The fourth-order valence-corrected chi connectivity index (χ4v) is 7.11. The van der Waals surface area contributed by atoms with Gasteiger partial charge in [-0.05, 0) is 69.4 Å². The maximum atomic E-state index is 6.86. The minimum absolute atomic E-state index is 0.832. The van der Waals surface area contributed by atoms with Crippen LogP contribution in [-0.2, 0) is 0 Å². The number of para-hydroxylation sites is 3. The number of rotatable bonds is 5. The van der Waals surface area contributed by atoms with E-state index >= 15 is 0 Å². The highest BCUT2D eigenvalue weighted by atomic mass is 16.5. The van der Waals surface area contributed by atoms with Crippen LogP contribution in [0.4, 0.5) is 17.1 Å². The summed E-state index contributed by atoms with van der Waals surface area (Å²) in [6.45, 7) is 0. The van der Waals surface area contributed by atoms with Crippen LogP contribution < -0.4 is 9.64 Å². The van der Waals surface area contributed by atoms with Crippen LogP contribution in [0, 0.1) is 0 Å². The zero-order valence-corrected chi connectivity index (χ0v) is 26.3. The summed E-state index contributed by atoms with van der Waals surface area (Å²) in [5.41, 5.74) is 12.5. The van der Waals surface area contributed by atoms with Crippen LogP contribution >= 0.6 is 0 Å². The lowest BCUT2D eigenvalue weighted by atomic mass is 9.89. The number of fused-ring (bicyclic) bond motifs is 7. The highest BCUT2D eigenvalue weighted by Gasteiger charge is 2.25. The van der Waals surface area contributed by atoms with Gasteiger partial charge in [-0.2, -0.15) is 0 Å². The van der Waals surface area contributed by atoms with Gasteiger partial charge in [0.25, 0.3) is 0 Å². The number of nitrogens with zero attached hydrogens (tertiary/aromatic N) is 1. The fourth-order valence-electron chi connectivity index (χ4n) is 7.11. The second-order valence-corrected chi connectivity index (χ2v) is 12.1. The Bertz CT molecular complexity index is 2430. The van der Waals surface area contributed by atoms with Crippen molar-refractivity contribution >= 4 is 27.8 Å². The summed E-state index contributed by atoms with van der Waals surface area (Å²) < 4.78 is 6.86. The summed E-state index contributed by atoms with van der Waals surface area (Å²) in [7, 11) is 0. The minimum atomic E-state index is 0.832. The summed E-state index contributed by atoms with van der Waals surface area (Å²) >= 11 is 0. The predicted octanol–water partition coefficient (Wildman–Crippen LogP) is 13.1. The molecule has 0 N–H and O–H groups in total. The SMILES string of the molecule is c1ccc(-c2ccccc2-c2ccccc2N(c2ccccc2)c2ccc3c(c2)Oc2ccccc2-c2ccc4ccccc4c2-3)cc1. The molecule has 0 aliphatic carbocycles. The lowest BCUT2D eigenvalue weighted by molar-refractivity contribution is 0.488. The highest BCUT2D eigenvalue weighted by Crippen LogP contribution is 2.51. The Labute approximate surface area is 280 Å². The van der Waals surface area contributed by atoms with Crippen molar-refractivity contribution in [3.63, 3.8) is 0 Å². The molecule has 0 bridgehead atoms. The third kappa shape index (κ3) is 4.74.